The number of aromatic nitrogens is 2. The molecule has 1 amide bonds. The molecule has 1 saturated carbocycles. The maximum Gasteiger partial charge on any atom is 0.240 e. The van der Waals surface area contributed by atoms with Gasteiger partial charge in [-0.3, -0.25) is 9.69 Å². The minimum atomic E-state index is -0.305. The quantitative estimate of drug-likeness (QED) is 0.830. The molecule has 1 saturated heterocycles. The van der Waals surface area contributed by atoms with Crippen LogP contribution >= 0.6 is 0 Å². The molecule has 0 bridgehead atoms. The molecule has 2 heterocycles. The first-order valence-electron chi connectivity index (χ1n) is 8.74. The highest BCUT2D eigenvalue weighted by Gasteiger charge is 2.29. The highest BCUT2D eigenvalue weighted by atomic mass is 19.1. The van der Waals surface area contributed by atoms with Gasteiger partial charge in [0.05, 0.1) is 13.0 Å². The molecule has 6 nitrogen and oxygen atoms in total. The molecule has 132 valence electrons. The minimum absolute atomic E-state index is 0.0408. The maximum absolute atomic E-state index is 13.2. The van der Waals surface area contributed by atoms with Gasteiger partial charge in [0.25, 0.3) is 0 Å². The van der Waals surface area contributed by atoms with Crippen LogP contribution in [-0.2, 0) is 17.8 Å². The Morgan fingerprint density at radius 3 is 2.76 bits per heavy atom. The third kappa shape index (κ3) is 4.04. The van der Waals surface area contributed by atoms with Gasteiger partial charge >= 0.3 is 0 Å². The van der Waals surface area contributed by atoms with Crippen LogP contribution in [0.2, 0.25) is 0 Å². The van der Waals surface area contributed by atoms with Crippen molar-refractivity contribution in [2.24, 2.45) is 0 Å². The summed E-state index contributed by atoms with van der Waals surface area (Å²) < 4.78 is 18.5. The number of carbonyl (C=O) groups is 1. The van der Waals surface area contributed by atoms with Crippen LogP contribution in [0.15, 0.2) is 28.8 Å². The number of amides is 1. The molecule has 2 fully saturated rings. The summed E-state index contributed by atoms with van der Waals surface area (Å²) in [7, 11) is 0. The van der Waals surface area contributed by atoms with Crippen LogP contribution in [-0.4, -0.2) is 52.0 Å². The van der Waals surface area contributed by atoms with E-state index < -0.39 is 0 Å². The van der Waals surface area contributed by atoms with Crippen molar-refractivity contribution in [2.75, 3.05) is 26.2 Å². The van der Waals surface area contributed by atoms with Crippen LogP contribution in [0, 0.1) is 5.82 Å². The summed E-state index contributed by atoms with van der Waals surface area (Å²) >= 11 is 0. The van der Waals surface area contributed by atoms with Crippen LogP contribution in [0.4, 0.5) is 4.39 Å². The SMILES string of the molecule is O=C(Cc1cccc(F)c1)N1CCN(Cc2nc(C3CC3)no2)CC1. The Balaban J connectivity index is 1.26. The number of piperazine rings is 1. The highest BCUT2D eigenvalue weighted by molar-refractivity contribution is 5.78. The van der Waals surface area contributed by atoms with E-state index in [0.717, 1.165) is 31.8 Å². The van der Waals surface area contributed by atoms with Crippen molar-refractivity contribution in [3.8, 4) is 0 Å². The molecular formula is C18H21FN4O2. The monoisotopic (exact) mass is 344 g/mol. The molecule has 1 aliphatic carbocycles. The Morgan fingerprint density at radius 2 is 2.04 bits per heavy atom. The topological polar surface area (TPSA) is 62.5 Å². The third-order valence-corrected chi connectivity index (χ3v) is 4.75. The average molecular weight is 344 g/mol. The summed E-state index contributed by atoms with van der Waals surface area (Å²) in [4.78, 5) is 20.9. The van der Waals surface area contributed by atoms with E-state index in [2.05, 4.69) is 15.0 Å². The number of benzene rings is 1. The smallest absolute Gasteiger partial charge is 0.240 e. The fourth-order valence-corrected chi connectivity index (χ4v) is 3.12. The molecule has 0 radical (unpaired) electrons. The molecule has 1 aromatic heterocycles. The van der Waals surface area contributed by atoms with Crippen molar-refractivity contribution < 1.29 is 13.7 Å². The summed E-state index contributed by atoms with van der Waals surface area (Å²) in [5, 5.41) is 4.03. The largest absolute Gasteiger partial charge is 0.340 e. The second kappa shape index (κ2) is 6.92. The van der Waals surface area contributed by atoms with Gasteiger partial charge in [0.15, 0.2) is 5.82 Å². The van der Waals surface area contributed by atoms with Gasteiger partial charge in [-0.1, -0.05) is 17.3 Å². The summed E-state index contributed by atoms with van der Waals surface area (Å²) in [5.74, 6) is 1.72. The van der Waals surface area contributed by atoms with E-state index in [1.165, 1.54) is 12.1 Å². The Bertz CT molecular complexity index is 751. The Kier molecular flexibility index (Phi) is 4.48. The fraction of sp³-hybridized carbons (Fsp3) is 0.500. The van der Waals surface area contributed by atoms with E-state index in [1.807, 2.05) is 4.90 Å². The van der Waals surface area contributed by atoms with E-state index in [0.29, 0.717) is 37.0 Å². The van der Waals surface area contributed by atoms with E-state index in [1.54, 1.807) is 12.1 Å². The van der Waals surface area contributed by atoms with Gasteiger partial charge in [-0.25, -0.2) is 4.39 Å². The molecule has 4 rings (SSSR count). The Hall–Kier alpha value is -2.28. The highest BCUT2D eigenvalue weighted by Crippen LogP contribution is 2.38. The van der Waals surface area contributed by atoms with E-state index in [4.69, 9.17) is 4.52 Å². The van der Waals surface area contributed by atoms with Gasteiger partial charge in [-0.2, -0.15) is 4.98 Å². The van der Waals surface area contributed by atoms with Gasteiger partial charge in [-0.05, 0) is 30.5 Å². The summed E-state index contributed by atoms with van der Waals surface area (Å²) in [6.07, 6.45) is 2.56. The normalized spacial score (nSPS) is 18.5. The van der Waals surface area contributed by atoms with Crippen molar-refractivity contribution >= 4 is 5.91 Å². The number of nitrogens with zero attached hydrogens (tertiary/aromatic N) is 4. The lowest BCUT2D eigenvalue weighted by molar-refractivity contribution is -0.132. The number of rotatable bonds is 5. The van der Waals surface area contributed by atoms with Gasteiger partial charge in [0, 0.05) is 32.1 Å². The fourth-order valence-electron chi connectivity index (χ4n) is 3.12. The molecule has 1 aromatic carbocycles. The Morgan fingerprint density at radius 1 is 1.24 bits per heavy atom. The first-order chi connectivity index (χ1) is 12.2. The van der Waals surface area contributed by atoms with Gasteiger partial charge in [-0.15, -0.1) is 0 Å². The Labute approximate surface area is 145 Å². The van der Waals surface area contributed by atoms with Crippen molar-refractivity contribution in [1.82, 2.24) is 19.9 Å². The van der Waals surface area contributed by atoms with E-state index in [9.17, 15) is 9.18 Å². The number of hydrogen-bond acceptors (Lipinski definition) is 5. The number of carbonyl (C=O) groups excluding carboxylic acids is 1. The molecule has 1 aliphatic heterocycles. The molecule has 0 N–H and O–H groups in total. The van der Waals surface area contributed by atoms with Crippen LogP contribution in [0.1, 0.15) is 36.0 Å². The lowest BCUT2D eigenvalue weighted by atomic mass is 10.1. The van der Waals surface area contributed by atoms with Crippen LogP contribution in [0.5, 0.6) is 0 Å². The molecule has 0 atom stereocenters. The van der Waals surface area contributed by atoms with Crippen molar-refractivity contribution in [2.45, 2.75) is 31.7 Å². The van der Waals surface area contributed by atoms with Gasteiger partial charge in [0.1, 0.15) is 5.82 Å². The van der Waals surface area contributed by atoms with Crippen molar-refractivity contribution in [3.63, 3.8) is 0 Å². The zero-order valence-electron chi connectivity index (χ0n) is 14.0. The zero-order chi connectivity index (χ0) is 17.2. The maximum atomic E-state index is 13.2. The standard InChI is InChI=1S/C18H21FN4O2/c19-15-3-1-2-13(10-15)11-17(24)23-8-6-22(7-9-23)12-16-20-18(21-25-16)14-4-5-14/h1-3,10,14H,4-9,11-12H2. The van der Waals surface area contributed by atoms with Crippen LogP contribution in [0.3, 0.4) is 0 Å². The first-order valence-corrected chi connectivity index (χ1v) is 8.74. The molecule has 0 unspecified atom stereocenters. The average Bonchev–Trinajstić information content (AvgIpc) is 3.35. The molecule has 2 aromatic rings. The second-order valence-corrected chi connectivity index (χ2v) is 6.78. The molecule has 2 aliphatic rings. The summed E-state index contributed by atoms with van der Waals surface area (Å²) in [5.41, 5.74) is 0.714. The molecule has 0 spiro atoms. The lowest BCUT2D eigenvalue weighted by Crippen LogP contribution is -2.48. The van der Waals surface area contributed by atoms with Crippen LogP contribution in [0.25, 0.3) is 0 Å². The number of hydrogen-bond donors (Lipinski definition) is 0. The van der Waals surface area contributed by atoms with Crippen molar-refractivity contribution in [3.05, 3.63) is 47.4 Å². The molecular weight excluding hydrogens is 323 g/mol. The molecule has 7 heteroatoms. The van der Waals surface area contributed by atoms with E-state index >= 15 is 0 Å². The minimum Gasteiger partial charge on any atom is -0.340 e. The number of halogens is 1. The van der Waals surface area contributed by atoms with E-state index in [-0.39, 0.29) is 18.1 Å². The van der Waals surface area contributed by atoms with Gasteiger partial charge < -0.3 is 9.42 Å². The third-order valence-electron chi connectivity index (χ3n) is 4.75. The molecule has 25 heavy (non-hydrogen) atoms. The first kappa shape index (κ1) is 16.2. The predicted molar refractivity (Wildman–Crippen MR) is 88.2 cm³/mol. The zero-order valence-corrected chi connectivity index (χ0v) is 14.0. The second-order valence-electron chi connectivity index (χ2n) is 6.78. The van der Waals surface area contributed by atoms with Crippen LogP contribution < -0.4 is 0 Å². The predicted octanol–water partition coefficient (Wildman–Crippen LogP) is 1.97. The summed E-state index contributed by atoms with van der Waals surface area (Å²) in [6.45, 7) is 3.51. The van der Waals surface area contributed by atoms with Crippen molar-refractivity contribution in [1.29, 1.82) is 0 Å². The lowest BCUT2D eigenvalue weighted by Gasteiger charge is -2.34. The van der Waals surface area contributed by atoms with Gasteiger partial charge in [0.2, 0.25) is 11.8 Å². The summed E-state index contributed by atoms with van der Waals surface area (Å²) in [6, 6.07) is 6.22.